The summed E-state index contributed by atoms with van der Waals surface area (Å²) in [5.41, 5.74) is 2.40. The van der Waals surface area contributed by atoms with E-state index in [0.29, 0.717) is 19.3 Å². The number of para-hydroxylation sites is 1. The SMILES string of the molecule is CN1C(=O)C(CCC(=O)NC2CCNCC2)(Cc2ccccc2)c2ccccc21.Cl. The van der Waals surface area contributed by atoms with Gasteiger partial charge in [0.25, 0.3) is 0 Å². The molecule has 6 heteroatoms. The average molecular weight is 428 g/mol. The number of halogens is 1. The molecule has 1 atom stereocenters. The summed E-state index contributed by atoms with van der Waals surface area (Å²) in [5, 5.41) is 6.49. The van der Waals surface area contributed by atoms with Crippen LogP contribution >= 0.6 is 12.4 Å². The Labute approximate surface area is 184 Å². The van der Waals surface area contributed by atoms with Gasteiger partial charge in [0.2, 0.25) is 11.8 Å². The van der Waals surface area contributed by atoms with Gasteiger partial charge in [-0.15, -0.1) is 12.4 Å². The number of carbonyl (C=O) groups excluding carboxylic acids is 2. The summed E-state index contributed by atoms with van der Waals surface area (Å²) < 4.78 is 0. The highest BCUT2D eigenvalue weighted by Crippen LogP contribution is 2.46. The second kappa shape index (κ2) is 9.63. The van der Waals surface area contributed by atoms with Crippen molar-refractivity contribution in [2.45, 2.75) is 43.6 Å². The highest BCUT2D eigenvalue weighted by molar-refractivity contribution is 6.08. The molecule has 2 aromatic carbocycles. The van der Waals surface area contributed by atoms with Crippen molar-refractivity contribution in [3.63, 3.8) is 0 Å². The maximum Gasteiger partial charge on any atom is 0.237 e. The first-order chi connectivity index (χ1) is 14.1. The summed E-state index contributed by atoms with van der Waals surface area (Å²) in [7, 11) is 1.84. The van der Waals surface area contributed by atoms with Crippen LogP contribution in [0.5, 0.6) is 0 Å². The molecule has 5 nitrogen and oxygen atoms in total. The zero-order valence-corrected chi connectivity index (χ0v) is 18.2. The summed E-state index contributed by atoms with van der Waals surface area (Å²) in [6.45, 7) is 1.89. The molecule has 1 saturated heterocycles. The number of rotatable bonds is 6. The van der Waals surface area contributed by atoms with Gasteiger partial charge >= 0.3 is 0 Å². The lowest BCUT2D eigenvalue weighted by Gasteiger charge is -2.29. The zero-order valence-electron chi connectivity index (χ0n) is 17.4. The van der Waals surface area contributed by atoms with Crippen molar-refractivity contribution < 1.29 is 9.59 Å². The lowest BCUT2D eigenvalue weighted by atomic mass is 9.73. The topological polar surface area (TPSA) is 61.4 Å². The van der Waals surface area contributed by atoms with Crippen LogP contribution in [-0.4, -0.2) is 38.0 Å². The van der Waals surface area contributed by atoms with Crippen LogP contribution in [0.3, 0.4) is 0 Å². The van der Waals surface area contributed by atoms with E-state index in [1.807, 2.05) is 49.5 Å². The first kappa shape index (κ1) is 22.3. The van der Waals surface area contributed by atoms with Gasteiger partial charge in [-0.05, 0) is 56.0 Å². The van der Waals surface area contributed by atoms with Gasteiger partial charge in [-0.1, -0.05) is 48.5 Å². The van der Waals surface area contributed by atoms with E-state index >= 15 is 0 Å². The van der Waals surface area contributed by atoms with Crippen molar-refractivity contribution in [2.24, 2.45) is 0 Å². The summed E-state index contributed by atoms with van der Waals surface area (Å²) in [6, 6.07) is 18.3. The molecule has 1 unspecified atom stereocenters. The second-order valence-corrected chi connectivity index (χ2v) is 8.22. The number of amides is 2. The molecule has 0 aliphatic carbocycles. The number of fused-ring (bicyclic) bond motifs is 1. The molecule has 2 amide bonds. The molecule has 2 aliphatic rings. The van der Waals surface area contributed by atoms with E-state index in [1.54, 1.807) is 4.90 Å². The lowest BCUT2D eigenvalue weighted by molar-refractivity contribution is -0.125. The number of nitrogens with zero attached hydrogens (tertiary/aromatic N) is 1. The largest absolute Gasteiger partial charge is 0.353 e. The summed E-state index contributed by atoms with van der Waals surface area (Å²) in [5.74, 6) is 0.126. The molecule has 4 rings (SSSR count). The van der Waals surface area contributed by atoms with Gasteiger partial charge in [0.1, 0.15) is 0 Å². The van der Waals surface area contributed by atoms with Crippen LogP contribution in [0.25, 0.3) is 0 Å². The van der Waals surface area contributed by atoms with Crippen LogP contribution in [0.2, 0.25) is 0 Å². The fourth-order valence-corrected chi connectivity index (χ4v) is 4.75. The smallest absolute Gasteiger partial charge is 0.237 e. The Hall–Kier alpha value is -2.37. The van der Waals surface area contributed by atoms with Crippen LogP contribution in [0.1, 0.15) is 36.8 Å². The predicted octanol–water partition coefficient (Wildman–Crippen LogP) is 3.21. The molecule has 30 heavy (non-hydrogen) atoms. The normalized spacial score (nSPS) is 21.1. The number of benzene rings is 2. The maximum atomic E-state index is 13.5. The molecule has 0 bridgehead atoms. The molecule has 0 spiro atoms. The summed E-state index contributed by atoms with van der Waals surface area (Å²) in [4.78, 5) is 27.9. The quantitative estimate of drug-likeness (QED) is 0.744. The third-order valence-electron chi connectivity index (χ3n) is 6.33. The fourth-order valence-electron chi connectivity index (χ4n) is 4.75. The minimum absolute atomic E-state index is 0. The predicted molar refractivity (Wildman–Crippen MR) is 122 cm³/mol. The van der Waals surface area contributed by atoms with Gasteiger partial charge in [0.15, 0.2) is 0 Å². The molecular weight excluding hydrogens is 398 g/mol. The Balaban J connectivity index is 0.00000256. The molecular formula is C24H30ClN3O2. The molecule has 0 radical (unpaired) electrons. The molecule has 2 heterocycles. The van der Waals surface area contributed by atoms with Crippen molar-refractivity contribution in [3.8, 4) is 0 Å². The lowest BCUT2D eigenvalue weighted by Crippen LogP contribution is -2.44. The number of hydrogen-bond donors (Lipinski definition) is 2. The van der Waals surface area contributed by atoms with Crippen LogP contribution in [-0.2, 0) is 21.4 Å². The Kier molecular flexibility index (Phi) is 7.16. The average Bonchev–Trinajstić information content (AvgIpc) is 2.96. The van der Waals surface area contributed by atoms with Crippen LogP contribution in [0, 0.1) is 0 Å². The number of anilines is 1. The van der Waals surface area contributed by atoms with Crippen LogP contribution in [0.4, 0.5) is 5.69 Å². The van der Waals surface area contributed by atoms with E-state index in [-0.39, 0.29) is 30.3 Å². The summed E-state index contributed by atoms with van der Waals surface area (Å²) in [6.07, 6.45) is 3.40. The molecule has 2 aliphatic heterocycles. The van der Waals surface area contributed by atoms with Crippen molar-refractivity contribution in [2.75, 3.05) is 25.0 Å². The molecule has 2 N–H and O–H groups in total. The molecule has 1 fully saturated rings. The Morgan fingerprint density at radius 1 is 1.10 bits per heavy atom. The fraction of sp³-hybridized carbons (Fsp3) is 0.417. The minimum atomic E-state index is -0.696. The zero-order chi connectivity index (χ0) is 20.3. The number of likely N-dealkylation sites (N-methyl/N-ethyl adjacent to an activating group) is 1. The third-order valence-corrected chi connectivity index (χ3v) is 6.33. The van der Waals surface area contributed by atoms with Gasteiger partial charge in [-0.25, -0.2) is 0 Å². The number of carbonyl (C=O) groups is 2. The van der Waals surface area contributed by atoms with Crippen molar-refractivity contribution >= 4 is 29.9 Å². The Morgan fingerprint density at radius 3 is 2.50 bits per heavy atom. The highest BCUT2D eigenvalue weighted by atomic mass is 35.5. The number of piperidine rings is 1. The molecule has 0 aromatic heterocycles. The summed E-state index contributed by atoms with van der Waals surface area (Å²) >= 11 is 0. The van der Waals surface area contributed by atoms with Crippen molar-refractivity contribution in [3.05, 3.63) is 65.7 Å². The Bertz CT molecular complexity index is 883. The van der Waals surface area contributed by atoms with Gasteiger partial charge in [0.05, 0.1) is 5.41 Å². The second-order valence-electron chi connectivity index (χ2n) is 8.22. The molecule has 0 saturated carbocycles. The monoisotopic (exact) mass is 427 g/mol. The van der Waals surface area contributed by atoms with Crippen LogP contribution in [0.15, 0.2) is 54.6 Å². The molecule has 2 aromatic rings. The first-order valence-corrected chi connectivity index (χ1v) is 10.5. The van der Waals surface area contributed by atoms with E-state index in [2.05, 4.69) is 22.8 Å². The third kappa shape index (κ3) is 4.37. The van der Waals surface area contributed by atoms with E-state index < -0.39 is 5.41 Å². The van der Waals surface area contributed by atoms with Gasteiger partial charge < -0.3 is 15.5 Å². The van der Waals surface area contributed by atoms with Gasteiger partial charge in [-0.2, -0.15) is 0 Å². The first-order valence-electron chi connectivity index (χ1n) is 10.5. The van der Waals surface area contributed by atoms with E-state index in [1.165, 1.54) is 0 Å². The Morgan fingerprint density at radius 2 is 1.77 bits per heavy atom. The molecule has 160 valence electrons. The highest BCUT2D eigenvalue weighted by Gasteiger charge is 2.49. The van der Waals surface area contributed by atoms with E-state index in [0.717, 1.165) is 42.7 Å². The van der Waals surface area contributed by atoms with Gasteiger partial charge in [-0.3, -0.25) is 9.59 Å². The standard InChI is InChI=1S/C24H29N3O2.ClH/c1-27-21-10-6-5-9-20(21)24(23(27)29,17-18-7-3-2-4-8-18)14-11-22(28)26-19-12-15-25-16-13-19;/h2-10,19,25H,11-17H2,1H3,(H,26,28);1H. The number of nitrogens with one attached hydrogen (secondary N) is 2. The maximum absolute atomic E-state index is 13.5. The van der Waals surface area contributed by atoms with Gasteiger partial charge in [0, 0.05) is 25.2 Å². The van der Waals surface area contributed by atoms with E-state index in [9.17, 15) is 9.59 Å². The van der Waals surface area contributed by atoms with E-state index in [4.69, 9.17) is 0 Å². The van der Waals surface area contributed by atoms with Crippen LogP contribution < -0.4 is 15.5 Å². The number of hydrogen-bond acceptors (Lipinski definition) is 3. The van der Waals surface area contributed by atoms with Crippen molar-refractivity contribution in [1.82, 2.24) is 10.6 Å². The van der Waals surface area contributed by atoms with Crippen molar-refractivity contribution in [1.29, 1.82) is 0 Å². The minimum Gasteiger partial charge on any atom is -0.353 e.